The molecule has 0 aliphatic carbocycles. The summed E-state index contributed by atoms with van der Waals surface area (Å²) in [5.41, 5.74) is 3.10. The van der Waals surface area contributed by atoms with E-state index in [1.54, 1.807) is 6.07 Å². The molecule has 0 unspecified atom stereocenters. The van der Waals surface area contributed by atoms with Crippen LogP contribution in [-0.4, -0.2) is 6.54 Å². The van der Waals surface area contributed by atoms with Gasteiger partial charge in [-0.3, -0.25) is 0 Å². The first kappa shape index (κ1) is 15.5. The van der Waals surface area contributed by atoms with Gasteiger partial charge in [-0.1, -0.05) is 48.9 Å². The molecule has 0 atom stereocenters. The van der Waals surface area contributed by atoms with E-state index in [0.717, 1.165) is 24.1 Å². The predicted molar refractivity (Wildman–Crippen MR) is 83.9 cm³/mol. The van der Waals surface area contributed by atoms with Crippen molar-refractivity contribution in [3.63, 3.8) is 0 Å². The number of hydrogen-bond acceptors (Lipinski definition) is 2. The molecule has 0 aliphatic heterocycles. The molecule has 3 heteroatoms. The van der Waals surface area contributed by atoms with Gasteiger partial charge in [0, 0.05) is 12.1 Å². The molecule has 0 radical (unpaired) electrons. The second-order valence-corrected chi connectivity index (χ2v) is 5.18. The van der Waals surface area contributed by atoms with Gasteiger partial charge >= 0.3 is 0 Å². The molecule has 0 heterocycles. The van der Waals surface area contributed by atoms with Crippen molar-refractivity contribution in [1.82, 2.24) is 5.32 Å². The summed E-state index contributed by atoms with van der Waals surface area (Å²) in [6.07, 6.45) is 1.05. The number of nitrogens with one attached hydrogen (secondary N) is 1. The molecule has 0 amide bonds. The number of rotatable bonds is 7. The molecule has 0 aromatic heterocycles. The fourth-order valence-electron chi connectivity index (χ4n) is 2.09. The lowest BCUT2D eigenvalue weighted by Gasteiger charge is -2.13. The van der Waals surface area contributed by atoms with Crippen molar-refractivity contribution in [2.24, 2.45) is 0 Å². The van der Waals surface area contributed by atoms with Crippen molar-refractivity contribution in [2.75, 3.05) is 6.54 Å². The monoisotopic (exact) mass is 287 g/mol. The van der Waals surface area contributed by atoms with Crippen LogP contribution in [0.5, 0.6) is 5.75 Å². The maximum Gasteiger partial charge on any atom is 0.165 e. The van der Waals surface area contributed by atoms with E-state index in [1.165, 1.54) is 11.6 Å². The molecule has 0 saturated carbocycles. The van der Waals surface area contributed by atoms with Crippen LogP contribution in [0.4, 0.5) is 4.39 Å². The predicted octanol–water partition coefficient (Wildman–Crippen LogP) is 4.21. The van der Waals surface area contributed by atoms with Crippen molar-refractivity contribution in [2.45, 2.75) is 33.4 Å². The average Bonchev–Trinajstić information content (AvgIpc) is 2.48. The van der Waals surface area contributed by atoms with Crippen molar-refractivity contribution >= 4 is 0 Å². The highest BCUT2D eigenvalue weighted by Crippen LogP contribution is 2.23. The second kappa shape index (κ2) is 7.79. The van der Waals surface area contributed by atoms with Crippen molar-refractivity contribution in [3.05, 3.63) is 65.0 Å². The molecule has 112 valence electrons. The molecule has 0 bridgehead atoms. The molecule has 1 N–H and O–H groups in total. The number of para-hydroxylation sites is 1. The summed E-state index contributed by atoms with van der Waals surface area (Å²) in [7, 11) is 0. The van der Waals surface area contributed by atoms with E-state index < -0.39 is 0 Å². The van der Waals surface area contributed by atoms with Crippen molar-refractivity contribution in [1.29, 1.82) is 0 Å². The van der Waals surface area contributed by atoms with Gasteiger partial charge in [0.25, 0.3) is 0 Å². The third-order valence-corrected chi connectivity index (χ3v) is 3.29. The van der Waals surface area contributed by atoms with Gasteiger partial charge in [-0.2, -0.15) is 0 Å². The Hall–Kier alpha value is -1.87. The van der Waals surface area contributed by atoms with Gasteiger partial charge in [0.15, 0.2) is 11.6 Å². The van der Waals surface area contributed by atoms with Crippen LogP contribution in [0.15, 0.2) is 42.5 Å². The molecule has 2 rings (SSSR count). The Balaban J connectivity index is 2.05. The van der Waals surface area contributed by atoms with E-state index in [9.17, 15) is 4.39 Å². The molecule has 0 aliphatic rings. The lowest BCUT2D eigenvalue weighted by Crippen LogP contribution is -2.15. The summed E-state index contributed by atoms with van der Waals surface area (Å²) >= 11 is 0. The summed E-state index contributed by atoms with van der Waals surface area (Å²) < 4.78 is 19.7. The van der Waals surface area contributed by atoms with Gasteiger partial charge in [0.05, 0.1) is 0 Å². The highest BCUT2D eigenvalue weighted by molar-refractivity contribution is 5.35. The first-order valence-corrected chi connectivity index (χ1v) is 7.37. The van der Waals surface area contributed by atoms with Crippen LogP contribution < -0.4 is 10.1 Å². The van der Waals surface area contributed by atoms with Crippen LogP contribution in [0.2, 0.25) is 0 Å². The molecule has 21 heavy (non-hydrogen) atoms. The lowest BCUT2D eigenvalue weighted by atomic mass is 10.1. The van der Waals surface area contributed by atoms with Crippen molar-refractivity contribution < 1.29 is 9.13 Å². The average molecular weight is 287 g/mol. The molecule has 0 saturated heterocycles. The van der Waals surface area contributed by atoms with E-state index >= 15 is 0 Å². The first-order chi connectivity index (χ1) is 10.2. The Kier molecular flexibility index (Phi) is 5.76. The quantitative estimate of drug-likeness (QED) is 0.770. The zero-order chi connectivity index (χ0) is 15.1. The molecule has 0 spiro atoms. The standard InChI is InChI=1S/C18H22FNO/c1-3-11-20-12-16-5-4-6-17(19)18(16)21-13-15-9-7-14(2)8-10-15/h4-10,20H,3,11-13H2,1-2H3. The minimum atomic E-state index is -0.307. The normalized spacial score (nSPS) is 10.6. The molecular weight excluding hydrogens is 265 g/mol. The third kappa shape index (κ3) is 4.57. The second-order valence-electron chi connectivity index (χ2n) is 5.18. The topological polar surface area (TPSA) is 21.3 Å². The highest BCUT2D eigenvalue weighted by atomic mass is 19.1. The number of ether oxygens (including phenoxy) is 1. The van der Waals surface area contributed by atoms with Crippen LogP contribution in [0.3, 0.4) is 0 Å². The molecule has 2 aromatic carbocycles. The molecule has 2 nitrogen and oxygen atoms in total. The van der Waals surface area contributed by atoms with Crippen LogP contribution in [0.1, 0.15) is 30.0 Å². The minimum Gasteiger partial charge on any atom is -0.485 e. The summed E-state index contributed by atoms with van der Waals surface area (Å²) in [4.78, 5) is 0. The summed E-state index contributed by atoms with van der Waals surface area (Å²) in [6.45, 7) is 6.05. The highest BCUT2D eigenvalue weighted by Gasteiger charge is 2.09. The largest absolute Gasteiger partial charge is 0.485 e. The number of benzene rings is 2. The Labute approximate surface area is 126 Å². The van der Waals surface area contributed by atoms with E-state index in [0.29, 0.717) is 18.9 Å². The number of halogens is 1. The van der Waals surface area contributed by atoms with Gasteiger partial charge in [-0.15, -0.1) is 0 Å². The Morgan fingerprint density at radius 3 is 2.57 bits per heavy atom. The van der Waals surface area contributed by atoms with Crippen LogP contribution in [0, 0.1) is 12.7 Å². The third-order valence-electron chi connectivity index (χ3n) is 3.29. The van der Waals surface area contributed by atoms with Gasteiger partial charge in [-0.05, 0) is 31.5 Å². The fourth-order valence-corrected chi connectivity index (χ4v) is 2.09. The summed E-state index contributed by atoms with van der Waals surface area (Å²) in [5, 5.41) is 3.28. The van der Waals surface area contributed by atoms with Crippen LogP contribution in [0.25, 0.3) is 0 Å². The summed E-state index contributed by atoms with van der Waals surface area (Å²) in [5.74, 6) is 0.0413. The van der Waals surface area contributed by atoms with Gasteiger partial charge < -0.3 is 10.1 Å². The minimum absolute atomic E-state index is 0.307. The summed E-state index contributed by atoms with van der Waals surface area (Å²) in [6, 6.07) is 13.1. The van der Waals surface area contributed by atoms with E-state index in [2.05, 4.69) is 12.2 Å². The van der Waals surface area contributed by atoms with E-state index in [4.69, 9.17) is 4.74 Å². The fraction of sp³-hybridized carbons (Fsp3) is 0.333. The van der Waals surface area contributed by atoms with Crippen LogP contribution >= 0.6 is 0 Å². The number of hydrogen-bond donors (Lipinski definition) is 1. The Bertz CT molecular complexity index is 566. The smallest absolute Gasteiger partial charge is 0.165 e. The maximum absolute atomic E-state index is 14.0. The zero-order valence-corrected chi connectivity index (χ0v) is 12.7. The number of aryl methyl sites for hydroxylation is 1. The van der Waals surface area contributed by atoms with Gasteiger partial charge in [-0.25, -0.2) is 4.39 Å². The zero-order valence-electron chi connectivity index (χ0n) is 12.7. The maximum atomic E-state index is 14.0. The molecule has 2 aromatic rings. The van der Waals surface area contributed by atoms with Crippen molar-refractivity contribution in [3.8, 4) is 5.75 Å². The van der Waals surface area contributed by atoms with E-state index in [1.807, 2.05) is 37.3 Å². The Morgan fingerprint density at radius 2 is 1.86 bits per heavy atom. The molecule has 0 fully saturated rings. The van der Waals surface area contributed by atoms with Gasteiger partial charge in [0.1, 0.15) is 6.61 Å². The molecular formula is C18H22FNO. The van der Waals surface area contributed by atoms with Gasteiger partial charge in [0.2, 0.25) is 0 Å². The lowest BCUT2D eigenvalue weighted by molar-refractivity contribution is 0.286. The van der Waals surface area contributed by atoms with Crippen LogP contribution in [-0.2, 0) is 13.2 Å². The first-order valence-electron chi connectivity index (χ1n) is 7.37. The van der Waals surface area contributed by atoms with E-state index in [-0.39, 0.29) is 5.82 Å². The SMILES string of the molecule is CCCNCc1cccc(F)c1OCc1ccc(C)cc1. The Morgan fingerprint density at radius 1 is 1.10 bits per heavy atom.